The second-order valence-electron chi connectivity index (χ2n) is 14.8. The lowest BCUT2D eigenvalue weighted by Gasteiger charge is -2.46. The van der Waals surface area contributed by atoms with Crippen molar-refractivity contribution in [1.29, 1.82) is 0 Å². The smallest absolute Gasteiger partial charge is 0.286 e. The highest BCUT2D eigenvalue weighted by atomic mass is 35.5. The average molecular weight is 730 g/mol. The number of halogens is 1. The van der Waals surface area contributed by atoms with Crippen LogP contribution < -0.4 is 14.4 Å². The van der Waals surface area contributed by atoms with Gasteiger partial charge in [-0.25, -0.2) is 14.2 Å². The zero-order valence-corrected chi connectivity index (χ0v) is 30.8. The van der Waals surface area contributed by atoms with Gasteiger partial charge in [0.2, 0.25) is 0 Å². The summed E-state index contributed by atoms with van der Waals surface area (Å²) in [5.74, 6) is 1.34. The van der Waals surface area contributed by atoms with Crippen LogP contribution in [0.15, 0.2) is 65.4 Å². The zero-order valence-electron chi connectivity index (χ0n) is 29.3. The van der Waals surface area contributed by atoms with Crippen molar-refractivity contribution in [1.82, 2.24) is 19.7 Å². The Hall–Kier alpha value is -4.00. The third-order valence-electron chi connectivity index (χ3n) is 11.2. The predicted octanol–water partition coefficient (Wildman–Crippen LogP) is 6.76. The van der Waals surface area contributed by atoms with Crippen LogP contribution in [0.25, 0.3) is 11.0 Å². The van der Waals surface area contributed by atoms with Crippen molar-refractivity contribution >= 4 is 50.0 Å². The standard InChI is InChI=1S/C38H44ClN7O4S/c1-24-6-4-8-33(49-3)29-12-9-27(29)18-46-21-38(15-5-7-25-16-28(39)11-13-31(25)38)22-50-34-14-10-26(17-32(34)46)37(47)44-51(48,20-24)43-36-30-19-45(2)42-35(30)40-23-41-36/h4,8,10-11,13-14,16-17,19,23-24,27,29,33H,5-7,9,12,15,18,20-22H2,1-3H3,(H,40,41,42,43,44,47,48)/b8-4-/t24-,27-,29+,33+,38-,51?/m0/s1. The SMILES string of the molecule is CO[C@@H]1/C=C\C[C@H](C)CS(=O)(Nc2ncnc3nn(C)cc23)=NC(=O)c2ccc3c(c2)N(C[C@@H]2CC[C@H]21)C[C@@]1(CCCc2cc(Cl)ccc21)CO3. The van der Waals surface area contributed by atoms with E-state index in [0.717, 1.165) is 61.7 Å². The number of fused-ring (bicyclic) bond motifs is 5. The number of nitrogens with one attached hydrogen (secondary N) is 1. The van der Waals surface area contributed by atoms with E-state index in [0.29, 0.717) is 47.3 Å². The molecule has 4 heterocycles. The van der Waals surface area contributed by atoms with E-state index in [1.807, 2.05) is 25.1 Å². The fraction of sp³-hybridized carbons (Fsp3) is 0.474. The molecule has 0 radical (unpaired) electrons. The van der Waals surface area contributed by atoms with Crippen molar-refractivity contribution in [2.75, 3.05) is 42.2 Å². The van der Waals surface area contributed by atoms with Crippen LogP contribution in [-0.2, 0) is 33.5 Å². The summed E-state index contributed by atoms with van der Waals surface area (Å²) in [6.45, 7) is 4.09. The number of benzene rings is 2. The molecule has 1 saturated carbocycles. The number of nitrogens with zero attached hydrogens (tertiary/aromatic N) is 6. The van der Waals surface area contributed by atoms with Gasteiger partial charge in [0.05, 0.1) is 29.5 Å². The van der Waals surface area contributed by atoms with Gasteiger partial charge >= 0.3 is 0 Å². The van der Waals surface area contributed by atoms with E-state index in [2.05, 4.69) is 53.3 Å². The lowest BCUT2D eigenvalue weighted by molar-refractivity contribution is 0.0131. The van der Waals surface area contributed by atoms with Gasteiger partial charge in [-0.1, -0.05) is 36.7 Å². The third kappa shape index (κ3) is 6.62. The Morgan fingerprint density at radius 1 is 1.16 bits per heavy atom. The summed E-state index contributed by atoms with van der Waals surface area (Å²) in [4.78, 5) is 25.2. The molecule has 1 spiro atoms. The number of amides is 1. The summed E-state index contributed by atoms with van der Waals surface area (Å²) in [5.41, 5.74) is 4.01. The molecule has 1 N–H and O–H groups in total. The van der Waals surface area contributed by atoms with Crippen LogP contribution in [0.4, 0.5) is 11.5 Å². The molecule has 11 nitrogen and oxygen atoms in total. The Bertz CT molecular complexity index is 2150. The number of aromatic nitrogens is 4. The number of rotatable bonds is 3. The molecule has 2 aromatic heterocycles. The average Bonchev–Trinajstić information content (AvgIpc) is 3.41. The molecule has 51 heavy (non-hydrogen) atoms. The first-order valence-electron chi connectivity index (χ1n) is 17.8. The fourth-order valence-electron chi connectivity index (χ4n) is 8.55. The molecule has 1 unspecified atom stereocenters. The maximum atomic E-state index is 14.8. The van der Waals surface area contributed by atoms with E-state index >= 15 is 0 Å². The minimum atomic E-state index is -3.35. The number of carbonyl (C=O) groups excluding carboxylic acids is 1. The van der Waals surface area contributed by atoms with E-state index in [-0.39, 0.29) is 23.2 Å². The van der Waals surface area contributed by atoms with Crippen molar-refractivity contribution in [3.63, 3.8) is 0 Å². The van der Waals surface area contributed by atoms with Crippen molar-refractivity contribution in [3.05, 3.63) is 82.8 Å². The third-order valence-corrected chi connectivity index (χ3v) is 13.4. The normalized spacial score (nSPS) is 30.0. The molecular weight excluding hydrogens is 686 g/mol. The molecule has 2 aliphatic heterocycles. The van der Waals surface area contributed by atoms with Gasteiger partial charge in [0, 0.05) is 49.4 Å². The Morgan fingerprint density at radius 3 is 2.86 bits per heavy atom. The molecule has 8 rings (SSSR count). The minimum absolute atomic E-state index is 0.0296. The molecule has 2 aromatic carbocycles. The summed E-state index contributed by atoms with van der Waals surface area (Å²) in [6.07, 6.45) is 13.3. The predicted molar refractivity (Wildman–Crippen MR) is 200 cm³/mol. The number of hydrogen-bond acceptors (Lipinski definition) is 8. The van der Waals surface area contributed by atoms with E-state index in [9.17, 15) is 9.00 Å². The number of methoxy groups -OCH3 is 1. The Morgan fingerprint density at radius 2 is 2.04 bits per heavy atom. The quantitative estimate of drug-likeness (QED) is 0.230. The monoisotopic (exact) mass is 729 g/mol. The van der Waals surface area contributed by atoms with E-state index in [1.54, 1.807) is 31.1 Å². The summed E-state index contributed by atoms with van der Waals surface area (Å²) in [6, 6.07) is 11.8. The number of anilines is 2. The molecular formula is C38H44ClN7O4S. The van der Waals surface area contributed by atoms with Gasteiger partial charge in [0.1, 0.15) is 22.0 Å². The molecule has 1 fully saturated rings. The molecule has 0 saturated heterocycles. The van der Waals surface area contributed by atoms with Crippen LogP contribution in [0, 0.1) is 17.8 Å². The Labute approximate surface area is 304 Å². The Balaban J connectivity index is 1.22. The van der Waals surface area contributed by atoms with Gasteiger partial charge in [-0.3, -0.25) is 14.2 Å². The topological polar surface area (TPSA) is 124 Å². The van der Waals surface area contributed by atoms with Crippen LogP contribution >= 0.6 is 11.6 Å². The summed E-state index contributed by atoms with van der Waals surface area (Å²) in [7, 11) is 0.222. The molecule has 6 atom stereocenters. The van der Waals surface area contributed by atoms with Crippen LogP contribution in [0.3, 0.4) is 0 Å². The van der Waals surface area contributed by atoms with Gasteiger partial charge in [-0.05, 0) is 97.7 Å². The summed E-state index contributed by atoms with van der Waals surface area (Å²) in [5, 5.41) is 5.71. The molecule has 13 heteroatoms. The lowest BCUT2D eigenvalue weighted by atomic mass is 9.68. The lowest BCUT2D eigenvalue weighted by Crippen LogP contribution is -2.49. The van der Waals surface area contributed by atoms with E-state index in [4.69, 9.17) is 21.1 Å². The minimum Gasteiger partial charge on any atom is -0.490 e. The number of ether oxygens (including phenoxy) is 2. The highest BCUT2D eigenvalue weighted by Gasteiger charge is 2.44. The fourth-order valence-corrected chi connectivity index (χ4v) is 10.7. The number of allylic oxidation sites excluding steroid dienone is 1. The summed E-state index contributed by atoms with van der Waals surface area (Å²) < 4.78 is 36.7. The van der Waals surface area contributed by atoms with E-state index in [1.165, 1.54) is 17.5 Å². The first-order valence-corrected chi connectivity index (χ1v) is 19.9. The highest BCUT2D eigenvalue weighted by molar-refractivity contribution is 7.95. The Kier molecular flexibility index (Phi) is 9.04. The largest absolute Gasteiger partial charge is 0.490 e. The molecule has 2 bridgehead atoms. The molecule has 268 valence electrons. The van der Waals surface area contributed by atoms with Crippen LogP contribution in [-0.4, -0.2) is 68.5 Å². The van der Waals surface area contributed by atoms with Crippen molar-refractivity contribution in [3.8, 4) is 5.75 Å². The molecule has 2 aliphatic carbocycles. The van der Waals surface area contributed by atoms with Crippen molar-refractivity contribution < 1.29 is 18.5 Å². The van der Waals surface area contributed by atoms with Crippen LogP contribution in [0.2, 0.25) is 5.02 Å². The number of aryl methyl sites for hydroxylation is 2. The molecule has 4 aromatic rings. The molecule has 1 amide bonds. The van der Waals surface area contributed by atoms with Crippen LogP contribution in [0.1, 0.15) is 60.5 Å². The van der Waals surface area contributed by atoms with Gasteiger partial charge in [-0.15, -0.1) is 4.36 Å². The zero-order chi connectivity index (χ0) is 35.3. The van der Waals surface area contributed by atoms with Crippen molar-refractivity contribution in [2.24, 2.45) is 29.2 Å². The first-order chi connectivity index (χ1) is 24.6. The van der Waals surface area contributed by atoms with Gasteiger partial charge in [-0.2, -0.15) is 5.10 Å². The second kappa shape index (κ2) is 13.5. The van der Waals surface area contributed by atoms with Gasteiger partial charge in [0.15, 0.2) is 11.5 Å². The number of hydrogen-bond donors (Lipinski definition) is 1. The maximum Gasteiger partial charge on any atom is 0.286 e. The maximum absolute atomic E-state index is 14.8. The second-order valence-corrected chi connectivity index (χ2v) is 17.3. The first kappa shape index (κ1) is 34.1. The molecule has 4 aliphatic rings. The summed E-state index contributed by atoms with van der Waals surface area (Å²) >= 11 is 6.47. The highest BCUT2D eigenvalue weighted by Crippen LogP contribution is 2.47. The number of carbonyl (C=O) groups is 1. The van der Waals surface area contributed by atoms with Crippen molar-refractivity contribution in [2.45, 2.75) is 57.0 Å². The van der Waals surface area contributed by atoms with E-state index < -0.39 is 15.8 Å². The van der Waals surface area contributed by atoms with Crippen LogP contribution in [0.5, 0.6) is 5.75 Å². The van der Waals surface area contributed by atoms with Gasteiger partial charge in [0.25, 0.3) is 5.91 Å². The van der Waals surface area contributed by atoms with Gasteiger partial charge < -0.3 is 14.4 Å².